The lowest BCUT2D eigenvalue weighted by atomic mass is 9.99. The average molecular weight is 880 g/mol. The van der Waals surface area contributed by atoms with Gasteiger partial charge in [-0.05, 0) is 25.7 Å². The van der Waals surface area contributed by atoms with Gasteiger partial charge in [-0.2, -0.15) is 8.42 Å². The fraction of sp³-hybridized carbons (Fsp3) is 1.00. The van der Waals surface area contributed by atoms with Crippen LogP contribution in [0.5, 0.6) is 0 Å². The van der Waals surface area contributed by atoms with Crippen LogP contribution in [0.3, 0.4) is 0 Å². The Labute approximate surface area is 378 Å². The van der Waals surface area contributed by atoms with Gasteiger partial charge >= 0.3 is 10.4 Å². The molecule has 0 aliphatic rings. The van der Waals surface area contributed by atoms with Gasteiger partial charge in [-0.1, -0.05) is 297 Å². The topological polar surface area (TPSA) is 154 Å². The molecule has 0 rings (SSSR count). The van der Waals surface area contributed by atoms with Crippen LogP contribution in [0.25, 0.3) is 0 Å². The molecule has 2 atom stereocenters. The summed E-state index contributed by atoms with van der Waals surface area (Å²) in [7, 11) is -4.67. The van der Waals surface area contributed by atoms with Crippen LogP contribution in [0.2, 0.25) is 0 Å². The van der Waals surface area contributed by atoms with Gasteiger partial charge in [-0.3, -0.25) is 9.11 Å². The molecule has 0 spiro atoms. The Kier molecular flexibility index (Phi) is 62.8. The van der Waals surface area contributed by atoms with Gasteiger partial charge in [-0.15, -0.1) is 0 Å². The number of unbranched alkanes of at least 4 members (excludes halogenated alkanes) is 38. The largest absolute Gasteiger partial charge is 0.394 e. The fourth-order valence-electron chi connectivity index (χ4n) is 8.62. The summed E-state index contributed by atoms with van der Waals surface area (Å²) >= 11 is 0. The SMILES string of the molecule is CCCCCCCCCCCCCC(CCCCCCCCCCCC)OC(CCCCCCCCCCCC)CCCCCCCCCCCCC.N.N.O=S(=O)(O)O. The molecule has 8 heteroatoms. The van der Waals surface area contributed by atoms with Crippen molar-refractivity contribution in [2.45, 2.75) is 335 Å². The second kappa shape index (κ2) is 56.8. The molecule has 0 saturated carbocycles. The second-order valence-electron chi connectivity index (χ2n) is 18.4. The summed E-state index contributed by atoms with van der Waals surface area (Å²) in [4.78, 5) is 0. The van der Waals surface area contributed by atoms with Crippen LogP contribution in [0.1, 0.15) is 323 Å². The summed E-state index contributed by atoms with van der Waals surface area (Å²) in [5.74, 6) is 0. The van der Waals surface area contributed by atoms with E-state index in [9.17, 15) is 0 Å². The van der Waals surface area contributed by atoms with E-state index >= 15 is 0 Å². The minimum atomic E-state index is -4.67. The quantitative estimate of drug-likeness (QED) is 0.0350. The molecule has 0 bridgehead atoms. The monoisotopic (exact) mass is 879 g/mol. The minimum Gasteiger partial charge on any atom is -0.375 e. The van der Waals surface area contributed by atoms with Crippen molar-refractivity contribution in [1.29, 1.82) is 0 Å². The molecule has 0 radical (unpaired) electrons. The zero-order chi connectivity index (χ0) is 42.9. The van der Waals surface area contributed by atoms with Crippen LogP contribution >= 0.6 is 0 Å². The second-order valence-corrected chi connectivity index (χ2v) is 19.3. The number of hydrogen-bond donors (Lipinski definition) is 4. The molecule has 0 amide bonds. The first-order chi connectivity index (χ1) is 28.3. The Bertz CT molecular complexity index is 786. The van der Waals surface area contributed by atoms with Gasteiger partial charge in [0.25, 0.3) is 0 Å². The summed E-state index contributed by atoms with van der Waals surface area (Å²) in [6.45, 7) is 9.30. The van der Waals surface area contributed by atoms with E-state index in [0.29, 0.717) is 12.2 Å². The maximum Gasteiger partial charge on any atom is 0.394 e. The first kappa shape index (κ1) is 66.4. The summed E-state index contributed by atoms with van der Waals surface area (Å²) in [5.41, 5.74) is 0. The summed E-state index contributed by atoms with van der Waals surface area (Å²) in [6, 6.07) is 0. The summed E-state index contributed by atoms with van der Waals surface area (Å²) < 4.78 is 38.8. The molecule has 0 aromatic rings. The van der Waals surface area contributed by atoms with E-state index in [4.69, 9.17) is 22.3 Å². The van der Waals surface area contributed by atoms with E-state index in [1.165, 1.54) is 295 Å². The Morgan fingerprint density at radius 2 is 0.400 bits per heavy atom. The zero-order valence-electron chi connectivity index (χ0n) is 41.6. The van der Waals surface area contributed by atoms with Crippen molar-refractivity contribution in [2.75, 3.05) is 0 Å². The predicted molar refractivity (Wildman–Crippen MR) is 268 cm³/mol. The molecule has 0 aromatic heterocycles. The highest BCUT2D eigenvalue weighted by molar-refractivity contribution is 7.79. The van der Waals surface area contributed by atoms with Crippen LogP contribution in [0.15, 0.2) is 0 Å². The Balaban J connectivity index is -0.00000210. The average Bonchev–Trinajstić information content (AvgIpc) is 3.19. The molecule has 368 valence electrons. The van der Waals surface area contributed by atoms with Crippen molar-refractivity contribution in [3.8, 4) is 0 Å². The van der Waals surface area contributed by atoms with Crippen LogP contribution in [-0.4, -0.2) is 29.7 Å². The lowest BCUT2D eigenvalue weighted by molar-refractivity contribution is -0.0324. The summed E-state index contributed by atoms with van der Waals surface area (Å²) in [6.07, 6.45) is 66.7. The van der Waals surface area contributed by atoms with E-state index in [1.54, 1.807) is 0 Å². The van der Waals surface area contributed by atoms with Gasteiger partial charge in [0.05, 0.1) is 12.2 Å². The standard InChI is InChI=1S/C52H106O.2H3N.H2O4S/c1-5-9-13-17-21-25-29-33-37-41-45-49-51(47-43-39-35-31-27-23-19-15-11-7-3)53-52(48-44-40-36-32-28-24-20-16-12-8-4)50-46-42-38-34-30-26-22-18-14-10-6-2;;;1-5(2,3)4/h51-52H,5-50H2,1-4H3;2*1H3;(H2,1,2,3,4). The van der Waals surface area contributed by atoms with Crippen LogP contribution in [0.4, 0.5) is 0 Å². The Morgan fingerprint density at radius 3 is 0.533 bits per heavy atom. The fourth-order valence-corrected chi connectivity index (χ4v) is 8.62. The third-order valence-corrected chi connectivity index (χ3v) is 12.4. The molecule has 7 nitrogen and oxygen atoms in total. The molecule has 0 fully saturated rings. The van der Waals surface area contributed by atoms with Crippen molar-refractivity contribution >= 4 is 10.4 Å². The van der Waals surface area contributed by atoms with Crippen molar-refractivity contribution in [3.05, 3.63) is 0 Å². The van der Waals surface area contributed by atoms with E-state index < -0.39 is 10.4 Å². The highest BCUT2D eigenvalue weighted by Gasteiger charge is 2.17. The molecular formula is C52H114N2O5S. The molecule has 0 aliphatic carbocycles. The third kappa shape index (κ3) is 64.4. The molecule has 0 saturated heterocycles. The molecule has 0 aromatic carbocycles. The predicted octanol–water partition coefficient (Wildman–Crippen LogP) is 19.4. The Morgan fingerprint density at radius 1 is 0.283 bits per heavy atom. The van der Waals surface area contributed by atoms with Crippen LogP contribution < -0.4 is 12.3 Å². The normalized spacial score (nSPS) is 12.4. The van der Waals surface area contributed by atoms with Crippen molar-refractivity contribution in [3.63, 3.8) is 0 Å². The molecule has 2 unspecified atom stereocenters. The van der Waals surface area contributed by atoms with Gasteiger partial charge in [0.1, 0.15) is 0 Å². The third-order valence-electron chi connectivity index (χ3n) is 12.4. The van der Waals surface area contributed by atoms with E-state index in [0.717, 1.165) is 0 Å². The maximum absolute atomic E-state index is 8.74. The van der Waals surface area contributed by atoms with Gasteiger partial charge in [0.2, 0.25) is 0 Å². The van der Waals surface area contributed by atoms with Gasteiger partial charge in [-0.25, -0.2) is 0 Å². The van der Waals surface area contributed by atoms with Gasteiger partial charge < -0.3 is 17.0 Å². The van der Waals surface area contributed by atoms with E-state index in [1.807, 2.05) is 0 Å². The first-order valence-electron chi connectivity index (χ1n) is 26.6. The van der Waals surface area contributed by atoms with Crippen LogP contribution in [-0.2, 0) is 15.1 Å². The highest BCUT2D eigenvalue weighted by atomic mass is 32.3. The van der Waals surface area contributed by atoms with E-state index in [2.05, 4.69) is 27.7 Å². The highest BCUT2D eigenvalue weighted by Crippen LogP contribution is 2.24. The lowest BCUT2D eigenvalue weighted by Gasteiger charge is -2.26. The number of rotatable bonds is 48. The maximum atomic E-state index is 8.74. The van der Waals surface area contributed by atoms with Gasteiger partial charge in [0, 0.05) is 0 Å². The van der Waals surface area contributed by atoms with E-state index in [-0.39, 0.29) is 12.3 Å². The van der Waals surface area contributed by atoms with Crippen molar-refractivity contribution in [2.24, 2.45) is 0 Å². The van der Waals surface area contributed by atoms with Crippen molar-refractivity contribution < 1.29 is 22.3 Å². The zero-order valence-corrected chi connectivity index (χ0v) is 42.4. The first-order valence-corrected chi connectivity index (χ1v) is 28.0. The molecule has 8 N–H and O–H groups in total. The molecule has 0 aliphatic heterocycles. The molecular weight excluding hydrogens is 765 g/mol. The molecule has 0 heterocycles. The lowest BCUT2D eigenvalue weighted by Crippen LogP contribution is -2.23. The smallest absolute Gasteiger partial charge is 0.375 e. The number of ether oxygens (including phenoxy) is 1. The van der Waals surface area contributed by atoms with Crippen LogP contribution in [0, 0.1) is 0 Å². The van der Waals surface area contributed by atoms with Crippen molar-refractivity contribution in [1.82, 2.24) is 12.3 Å². The minimum absolute atomic E-state index is 0. The number of hydrogen-bond acceptors (Lipinski definition) is 5. The Hall–Kier alpha value is -0.250. The van der Waals surface area contributed by atoms with Gasteiger partial charge in [0.15, 0.2) is 0 Å². The summed E-state index contributed by atoms with van der Waals surface area (Å²) in [5, 5.41) is 0. The molecule has 60 heavy (non-hydrogen) atoms.